The van der Waals surface area contributed by atoms with Crippen molar-refractivity contribution in [2.24, 2.45) is 0 Å². The summed E-state index contributed by atoms with van der Waals surface area (Å²) >= 11 is 0. The van der Waals surface area contributed by atoms with Crippen LogP contribution >= 0.6 is 0 Å². The lowest BCUT2D eigenvalue weighted by Gasteiger charge is -2.14. The van der Waals surface area contributed by atoms with Crippen molar-refractivity contribution in [2.75, 3.05) is 13.2 Å². The van der Waals surface area contributed by atoms with E-state index >= 15 is 0 Å². The average Bonchev–Trinajstić information content (AvgIpc) is 2.35. The van der Waals surface area contributed by atoms with E-state index in [9.17, 15) is 4.79 Å². The van der Waals surface area contributed by atoms with Crippen molar-refractivity contribution in [1.82, 2.24) is 5.32 Å². The van der Waals surface area contributed by atoms with Crippen LogP contribution in [0.3, 0.4) is 0 Å². The molecule has 18 heavy (non-hydrogen) atoms. The zero-order chi connectivity index (χ0) is 13.5. The number of aliphatic hydroxyl groups excluding tert-OH is 2. The van der Waals surface area contributed by atoms with Gasteiger partial charge in [0.25, 0.3) is 5.91 Å². The second-order valence-electron chi connectivity index (χ2n) is 4.23. The molecule has 0 saturated carbocycles. The van der Waals surface area contributed by atoms with E-state index in [1.807, 2.05) is 13.8 Å². The number of benzene rings is 1. The molecule has 1 amide bonds. The molecule has 0 saturated heterocycles. The van der Waals surface area contributed by atoms with Gasteiger partial charge in [0.1, 0.15) is 5.75 Å². The second-order valence-corrected chi connectivity index (χ2v) is 4.23. The molecule has 0 heterocycles. The Morgan fingerprint density at radius 1 is 1.22 bits per heavy atom. The van der Waals surface area contributed by atoms with E-state index in [-0.39, 0.29) is 25.2 Å². The van der Waals surface area contributed by atoms with Gasteiger partial charge in [-0.25, -0.2) is 0 Å². The van der Waals surface area contributed by atoms with Crippen molar-refractivity contribution in [1.29, 1.82) is 0 Å². The first kappa shape index (κ1) is 14.5. The molecular weight excluding hydrogens is 234 g/mol. The van der Waals surface area contributed by atoms with Gasteiger partial charge in [-0.15, -0.1) is 0 Å². The Kier molecular flexibility index (Phi) is 5.61. The molecule has 100 valence electrons. The first-order valence-electron chi connectivity index (χ1n) is 5.86. The predicted molar refractivity (Wildman–Crippen MR) is 67.6 cm³/mol. The molecule has 0 aliphatic rings. The average molecular weight is 253 g/mol. The summed E-state index contributed by atoms with van der Waals surface area (Å²) in [5, 5.41) is 20.3. The predicted octanol–water partition coefficient (Wildman–Crippen LogP) is 0.557. The van der Waals surface area contributed by atoms with Gasteiger partial charge in [-0.05, 0) is 38.1 Å². The second kappa shape index (κ2) is 6.98. The Hall–Kier alpha value is -1.59. The van der Waals surface area contributed by atoms with E-state index in [4.69, 9.17) is 14.9 Å². The number of carbonyl (C=O) groups excluding carboxylic acids is 1. The molecule has 1 aromatic carbocycles. The van der Waals surface area contributed by atoms with Crippen molar-refractivity contribution in [3.05, 3.63) is 29.8 Å². The molecule has 0 radical (unpaired) electrons. The van der Waals surface area contributed by atoms with Crippen LogP contribution in [0.25, 0.3) is 0 Å². The van der Waals surface area contributed by atoms with Crippen LogP contribution in [0.1, 0.15) is 24.2 Å². The maximum atomic E-state index is 11.7. The Bertz CT molecular complexity index is 371. The van der Waals surface area contributed by atoms with E-state index in [0.717, 1.165) is 0 Å². The monoisotopic (exact) mass is 253 g/mol. The van der Waals surface area contributed by atoms with Gasteiger partial charge in [0.15, 0.2) is 0 Å². The fourth-order valence-electron chi connectivity index (χ4n) is 1.37. The molecule has 0 bridgehead atoms. The van der Waals surface area contributed by atoms with Crippen LogP contribution in [0.2, 0.25) is 0 Å². The lowest BCUT2D eigenvalue weighted by molar-refractivity contribution is 0.0879. The molecule has 0 spiro atoms. The third-order valence-corrected chi connectivity index (χ3v) is 2.26. The highest BCUT2D eigenvalue weighted by atomic mass is 16.5. The van der Waals surface area contributed by atoms with Crippen LogP contribution in [0.15, 0.2) is 24.3 Å². The van der Waals surface area contributed by atoms with Gasteiger partial charge >= 0.3 is 0 Å². The first-order chi connectivity index (χ1) is 8.56. The van der Waals surface area contributed by atoms with Gasteiger partial charge in [0.05, 0.1) is 25.4 Å². The number of rotatable bonds is 6. The number of amides is 1. The van der Waals surface area contributed by atoms with Crippen LogP contribution in [0.5, 0.6) is 5.75 Å². The van der Waals surface area contributed by atoms with E-state index in [1.54, 1.807) is 24.3 Å². The molecule has 1 aromatic rings. The summed E-state index contributed by atoms with van der Waals surface area (Å²) in [7, 11) is 0. The van der Waals surface area contributed by atoms with E-state index in [1.165, 1.54) is 0 Å². The van der Waals surface area contributed by atoms with Crippen LogP contribution in [0, 0.1) is 0 Å². The van der Waals surface area contributed by atoms with Crippen molar-refractivity contribution in [2.45, 2.75) is 26.0 Å². The molecule has 1 rings (SSSR count). The van der Waals surface area contributed by atoms with Crippen LogP contribution in [-0.4, -0.2) is 41.5 Å². The fourth-order valence-corrected chi connectivity index (χ4v) is 1.37. The van der Waals surface area contributed by atoms with Gasteiger partial charge in [-0.3, -0.25) is 4.79 Å². The Morgan fingerprint density at radius 2 is 1.78 bits per heavy atom. The summed E-state index contributed by atoms with van der Waals surface area (Å²) in [4.78, 5) is 11.7. The SMILES string of the molecule is CC(C)Oc1ccc(C(=O)NC(CO)CO)cc1. The van der Waals surface area contributed by atoms with Crippen molar-refractivity contribution in [3.8, 4) is 5.75 Å². The molecule has 0 unspecified atom stereocenters. The van der Waals surface area contributed by atoms with Crippen LogP contribution < -0.4 is 10.1 Å². The highest BCUT2D eigenvalue weighted by Crippen LogP contribution is 2.13. The van der Waals surface area contributed by atoms with Crippen LogP contribution in [0.4, 0.5) is 0 Å². The summed E-state index contributed by atoms with van der Waals surface area (Å²) in [5.74, 6) is 0.363. The number of hydrogen-bond donors (Lipinski definition) is 3. The zero-order valence-electron chi connectivity index (χ0n) is 10.6. The van der Waals surface area contributed by atoms with E-state index < -0.39 is 6.04 Å². The normalized spacial score (nSPS) is 10.8. The first-order valence-corrected chi connectivity index (χ1v) is 5.86. The topological polar surface area (TPSA) is 78.8 Å². The lowest BCUT2D eigenvalue weighted by Crippen LogP contribution is -2.40. The van der Waals surface area contributed by atoms with Gasteiger partial charge in [-0.1, -0.05) is 0 Å². The van der Waals surface area contributed by atoms with Crippen molar-refractivity contribution in [3.63, 3.8) is 0 Å². The quantitative estimate of drug-likeness (QED) is 0.692. The number of aliphatic hydroxyl groups is 2. The molecule has 5 heteroatoms. The van der Waals surface area contributed by atoms with Gasteiger partial charge < -0.3 is 20.3 Å². The smallest absolute Gasteiger partial charge is 0.251 e. The molecule has 5 nitrogen and oxygen atoms in total. The fraction of sp³-hybridized carbons (Fsp3) is 0.462. The van der Waals surface area contributed by atoms with Crippen molar-refractivity contribution >= 4 is 5.91 Å². The minimum Gasteiger partial charge on any atom is -0.491 e. The molecular formula is C13H19NO4. The molecule has 0 atom stereocenters. The number of nitrogens with one attached hydrogen (secondary N) is 1. The standard InChI is InChI=1S/C13H19NO4/c1-9(2)18-12-5-3-10(4-6-12)13(17)14-11(7-15)8-16/h3-6,9,11,15-16H,7-8H2,1-2H3,(H,14,17). The lowest BCUT2D eigenvalue weighted by atomic mass is 10.2. The summed E-state index contributed by atoms with van der Waals surface area (Å²) in [6.45, 7) is 3.26. The summed E-state index contributed by atoms with van der Waals surface area (Å²) in [6.07, 6.45) is 0.0813. The maximum absolute atomic E-state index is 11.7. The number of hydrogen-bond acceptors (Lipinski definition) is 4. The van der Waals surface area contributed by atoms with Gasteiger partial charge in [-0.2, -0.15) is 0 Å². The molecule has 0 aromatic heterocycles. The third kappa shape index (κ3) is 4.35. The highest BCUT2D eigenvalue weighted by molar-refractivity contribution is 5.94. The van der Waals surface area contributed by atoms with Gasteiger partial charge in [0, 0.05) is 5.56 Å². The zero-order valence-corrected chi connectivity index (χ0v) is 10.6. The molecule has 0 aliphatic heterocycles. The third-order valence-electron chi connectivity index (χ3n) is 2.26. The number of carbonyl (C=O) groups is 1. The Labute approximate surface area is 106 Å². The van der Waals surface area contributed by atoms with Crippen LogP contribution in [-0.2, 0) is 0 Å². The molecule has 3 N–H and O–H groups in total. The van der Waals surface area contributed by atoms with Crippen molar-refractivity contribution < 1.29 is 19.7 Å². The largest absolute Gasteiger partial charge is 0.491 e. The van der Waals surface area contributed by atoms with E-state index in [0.29, 0.717) is 11.3 Å². The Balaban J connectivity index is 2.64. The minimum absolute atomic E-state index is 0.0813. The highest BCUT2D eigenvalue weighted by Gasteiger charge is 2.11. The van der Waals surface area contributed by atoms with Gasteiger partial charge in [0.2, 0.25) is 0 Å². The van der Waals surface area contributed by atoms with E-state index in [2.05, 4.69) is 5.32 Å². The summed E-state index contributed by atoms with van der Waals surface area (Å²) in [6, 6.07) is 6.06. The Morgan fingerprint density at radius 3 is 2.22 bits per heavy atom. The minimum atomic E-state index is -0.635. The maximum Gasteiger partial charge on any atom is 0.251 e. The summed E-state index contributed by atoms with van der Waals surface area (Å²) < 4.78 is 5.46. The molecule has 0 fully saturated rings. The number of ether oxygens (including phenoxy) is 1. The molecule has 0 aliphatic carbocycles. The summed E-state index contributed by atoms with van der Waals surface area (Å²) in [5.41, 5.74) is 0.456.